The van der Waals surface area contributed by atoms with Gasteiger partial charge >= 0.3 is 0 Å². The van der Waals surface area contributed by atoms with Gasteiger partial charge in [0.2, 0.25) is 0 Å². The molecule has 0 atom stereocenters. The van der Waals surface area contributed by atoms with E-state index in [-0.39, 0.29) is 36.6 Å². The van der Waals surface area contributed by atoms with Crippen LogP contribution in [0, 0.1) is 11.7 Å². The van der Waals surface area contributed by atoms with Crippen LogP contribution in [0.1, 0.15) is 36.5 Å². The standard InChI is InChI=1S/C24H30FN3O3.HI/c1-2-26-24(28-13-19-5-3-4-6-22(19)30-14-17-7-8-17)27-10-9-18-11-21(25)12-20-15-29-16-31-23(18)20;/h3-6,11-12,17H,2,7-10,13-16H2,1H3,(H2,26,27,28);1H. The first-order valence-corrected chi connectivity index (χ1v) is 11.0. The minimum absolute atomic E-state index is 0. The number of nitrogens with one attached hydrogen (secondary N) is 2. The molecule has 0 amide bonds. The maximum absolute atomic E-state index is 13.9. The molecule has 6 nitrogen and oxygen atoms in total. The van der Waals surface area contributed by atoms with Crippen LogP contribution in [0.3, 0.4) is 0 Å². The minimum Gasteiger partial charge on any atom is -0.493 e. The molecule has 8 heteroatoms. The van der Waals surface area contributed by atoms with Crippen molar-refractivity contribution < 1.29 is 18.6 Å². The van der Waals surface area contributed by atoms with E-state index >= 15 is 0 Å². The topological polar surface area (TPSA) is 64.1 Å². The molecule has 0 bridgehead atoms. The maximum Gasteiger partial charge on any atom is 0.191 e. The Morgan fingerprint density at radius 3 is 2.84 bits per heavy atom. The molecular weight excluding hydrogens is 524 g/mol. The van der Waals surface area contributed by atoms with Gasteiger partial charge in [-0.05, 0) is 55.9 Å². The van der Waals surface area contributed by atoms with Gasteiger partial charge in [0.1, 0.15) is 17.3 Å². The van der Waals surface area contributed by atoms with Crippen molar-refractivity contribution in [3.63, 3.8) is 0 Å². The number of ether oxygens (including phenoxy) is 3. The van der Waals surface area contributed by atoms with Crippen molar-refractivity contribution in [2.75, 3.05) is 26.5 Å². The lowest BCUT2D eigenvalue weighted by atomic mass is 10.1. The molecule has 2 N–H and O–H groups in total. The van der Waals surface area contributed by atoms with Gasteiger partial charge in [-0.3, -0.25) is 0 Å². The van der Waals surface area contributed by atoms with Crippen LogP contribution in [0.5, 0.6) is 11.5 Å². The van der Waals surface area contributed by atoms with E-state index in [0.29, 0.717) is 38.0 Å². The summed E-state index contributed by atoms with van der Waals surface area (Å²) in [4.78, 5) is 4.71. The quantitative estimate of drug-likeness (QED) is 0.273. The monoisotopic (exact) mass is 555 g/mol. The van der Waals surface area contributed by atoms with Crippen LogP contribution in [0.15, 0.2) is 41.4 Å². The van der Waals surface area contributed by atoms with Crippen molar-refractivity contribution in [1.29, 1.82) is 0 Å². The molecule has 0 radical (unpaired) electrons. The van der Waals surface area contributed by atoms with Crippen LogP contribution in [-0.2, 0) is 24.3 Å². The fourth-order valence-electron chi connectivity index (χ4n) is 3.53. The van der Waals surface area contributed by atoms with Gasteiger partial charge in [-0.15, -0.1) is 24.0 Å². The molecule has 1 heterocycles. The second-order valence-corrected chi connectivity index (χ2v) is 7.90. The zero-order valence-corrected chi connectivity index (χ0v) is 20.7. The van der Waals surface area contributed by atoms with Gasteiger partial charge in [-0.1, -0.05) is 18.2 Å². The van der Waals surface area contributed by atoms with Gasteiger partial charge in [-0.2, -0.15) is 0 Å². The molecule has 0 unspecified atom stereocenters. The third-order valence-corrected chi connectivity index (χ3v) is 5.33. The van der Waals surface area contributed by atoms with E-state index in [2.05, 4.69) is 10.6 Å². The molecule has 2 aliphatic rings. The van der Waals surface area contributed by atoms with E-state index in [1.807, 2.05) is 31.2 Å². The summed E-state index contributed by atoms with van der Waals surface area (Å²) in [6, 6.07) is 11.1. The van der Waals surface area contributed by atoms with Gasteiger partial charge in [0.15, 0.2) is 12.8 Å². The SMILES string of the molecule is CCNC(=NCc1ccccc1OCC1CC1)NCCc1cc(F)cc2c1OCOC2.I. The molecule has 0 spiro atoms. The summed E-state index contributed by atoms with van der Waals surface area (Å²) in [5, 5.41) is 6.60. The third-order valence-electron chi connectivity index (χ3n) is 5.33. The van der Waals surface area contributed by atoms with Crippen LogP contribution in [0.4, 0.5) is 4.39 Å². The molecular formula is C24H31FIN3O3. The normalized spacial score (nSPS) is 15.2. The van der Waals surface area contributed by atoms with Gasteiger partial charge in [0, 0.05) is 24.2 Å². The van der Waals surface area contributed by atoms with E-state index in [4.69, 9.17) is 19.2 Å². The lowest BCUT2D eigenvalue weighted by molar-refractivity contribution is -0.0172. The second-order valence-electron chi connectivity index (χ2n) is 7.90. The largest absolute Gasteiger partial charge is 0.493 e. The van der Waals surface area contributed by atoms with E-state index < -0.39 is 0 Å². The Labute approximate surface area is 206 Å². The van der Waals surface area contributed by atoms with Crippen LogP contribution in [0.2, 0.25) is 0 Å². The van der Waals surface area contributed by atoms with Crippen molar-refractivity contribution in [2.45, 2.75) is 39.3 Å². The maximum atomic E-state index is 13.9. The first-order valence-electron chi connectivity index (χ1n) is 11.0. The smallest absolute Gasteiger partial charge is 0.191 e. The summed E-state index contributed by atoms with van der Waals surface area (Å²) in [5.74, 6) is 2.79. The van der Waals surface area contributed by atoms with Crippen molar-refractivity contribution in [3.8, 4) is 11.5 Å². The number of guanidine groups is 1. The van der Waals surface area contributed by atoms with E-state index in [1.54, 1.807) is 0 Å². The average Bonchev–Trinajstić information content (AvgIpc) is 3.61. The van der Waals surface area contributed by atoms with Crippen LogP contribution < -0.4 is 20.1 Å². The Morgan fingerprint density at radius 1 is 1.19 bits per heavy atom. The molecule has 0 aromatic heterocycles. The summed E-state index contributed by atoms with van der Waals surface area (Å²) < 4.78 is 30.8. The molecule has 1 saturated carbocycles. The summed E-state index contributed by atoms with van der Waals surface area (Å²) >= 11 is 0. The lowest BCUT2D eigenvalue weighted by Gasteiger charge is -2.21. The predicted octanol–water partition coefficient (Wildman–Crippen LogP) is 4.40. The van der Waals surface area contributed by atoms with Crippen LogP contribution in [-0.4, -0.2) is 32.4 Å². The van der Waals surface area contributed by atoms with Gasteiger partial charge in [0.05, 0.1) is 19.8 Å². The lowest BCUT2D eigenvalue weighted by Crippen LogP contribution is -2.38. The average molecular weight is 555 g/mol. The van der Waals surface area contributed by atoms with Crippen LogP contribution >= 0.6 is 24.0 Å². The molecule has 1 fully saturated rings. The fourth-order valence-corrected chi connectivity index (χ4v) is 3.53. The molecule has 4 rings (SSSR count). The molecule has 2 aromatic rings. The number of rotatable bonds is 9. The number of hydrogen-bond donors (Lipinski definition) is 2. The molecule has 2 aromatic carbocycles. The molecule has 32 heavy (non-hydrogen) atoms. The Bertz CT molecular complexity index is 921. The highest BCUT2D eigenvalue weighted by molar-refractivity contribution is 14.0. The van der Waals surface area contributed by atoms with Gasteiger partial charge < -0.3 is 24.8 Å². The van der Waals surface area contributed by atoms with E-state index in [9.17, 15) is 4.39 Å². The predicted molar refractivity (Wildman–Crippen MR) is 133 cm³/mol. The first-order chi connectivity index (χ1) is 15.2. The highest BCUT2D eigenvalue weighted by atomic mass is 127. The van der Waals surface area contributed by atoms with Gasteiger partial charge in [0.25, 0.3) is 0 Å². The van der Waals surface area contributed by atoms with Crippen molar-refractivity contribution in [2.24, 2.45) is 10.9 Å². The number of aliphatic imine (C=N–C) groups is 1. The van der Waals surface area contributed by atoms with E-state index in [0.717, 1.165) is 41.3 Å². The third kappa shape index (κ3) is 6.96. The first kappa shape index (κ1) is 24.6. The number of nitrogens with zero attached hydrogens (tertiary/aromatic N) is 1. The number of para-hydroxylation sites is 1. The summed E-state index contributed by atoms with van der Waals surface area (Å²) in [7, 11) is 0. The number of fused-ring (bicyclic) bond motifs is 1. The highest BCUT2D eigenvalue weighted by Gasteiger charge is 2.22. The Morgan fingerprint density at radius 2 is 2.03 bits per heavy atom. The Balaban J connectivity index is 0.00000289. The highest BCUT2D eigenvalue weighted by Crippen LogP contribution is 2.31. The molecule has 174 valence electrons. The van der Waals surface area contributed by atoms with Crippen molar-refractivity contribution >= 4 is 29.9 Å². The summed E-state index contributed by atoms with van der Waals surface area (Å²) in [6.07, 6.45) is 3.15. The van der Waals surface area contributed by atoms with Crippen LogP contribution in [0.25, 0.3) is 0 Å². The zero-order chi connectivity index (χ0) is 21.5. The summed E-state index contributed by atoms with van der Waals surface area (Å²) in [6.45, 7) is 5.26. The molecule has 1 aliphatic carbocycles. The van der Waals surface area contributed by atoms with E-state index in [1.165, 1.54) is 25.0 Å². The zero-order valence-electron chi connectivity index (χ0n) is 18.4. The van der Waals surface area contributed by atoms with Crippen molar-refractivity contribution in [3.05, 3.63) is 58.9 Å². The van der Waals surface area contributed by atoms with Gasteiger partial charge in [-0.25, -0.2) is 9.38 Å². The fraction of sp³-hybridized carbons (Fsp3) is 0.458. The Hall–Kier alpha value is -2.07. The number of benzene rings is 2. The second kappa shape index (κ2) is 12.2. The number of hydrogen-bond acceptors (Lipinski definition) is 4. The number of halogens is 2. The Kier molecular flexibility index (Phi) is 9.40. The van der Waals surface area contributed by atoms with Crippen molar-refractivity contribution in [1.82, 2.24) is 10.6 Å². The molecule has 1 aliphatic heterocycles. The minimum atomic E-state index is -0.272. The summed E-state index contributed by atoms with van der Waals surface area (Å²) in [5.41, 5.74) is 2.65. The molecule has 0 saturated heterocycles.